The van der Waals surface area contributed by atoms with E-state index in [1.165, 1.54) is 25.7 Å². The van der Waals surface area contributed by atoms with Gasteiger partial charge in [-0.2, -0.15) is 0 Å². The van der Waals surface area contributed by atoms with Crippen molar-refractivity contribution in [2.75, 3.05) is 0 Å². The van der Waals surface area contributed by atoms with Crippen molar-refractivity contribution in [3.63, 3.8) is 0 Å². The zero-order valence-corrected chi connectivity index (χ0v) is 9.84. The molecule has 4 rings (SSSR count). The molecule has 0 aliphatic heterocycles. The summed E-state index contributed by atoms with van der Waals surface area (Å²) in [5.41, 5.74) is 3.08. The Morgan fingerprint density at radius 1 is 0.882 bits per heavy atom. The van der Waals surface area contributed by atoms with Gasteiger partial charge >= 0.3 is 0 Å². The molecule has 2 aromatic heterocycles. The normalized spacial score (nSPS) is 11.8. The van der Waals surface area contributed by atoms with Gasteiger partial charge in [-0.25, -0.2) is 0 Å². The van der Waals surface area contributed by atoms with E-state index in [1.54, 1.807) is 0 Å². The van der Waals surface area contributed by atoms with E-state index in [0.29, 0.717) is 0 Å². The van der Waals surface area contributed by atoms with E-state index in [4.69, 9.17) is 7.85 Å². The lowest BCUT2D eigenvalue weighted by Gasteiger charge is -1.94. The summed E-state index contributed by atoms with van der Waals surface area (Å²) in [6.45, 7) is 0. The van der Waals surface area contributed by atoms with Crippen LogP contribution in [0.2, 0.25) is 0 Å². The Morgan fingerprint density at radius 3 is 2.65 bits per heavy atom. The lowest BCUT2D eigenvalue weighted by Crippen LogP contribution is -2.01. The fourth-order valence-corrected chi connectivity index (χ4v) is 3.57. The Balaban J connectivity index is 2.33. The van der Waals surface area contributed by atoms with Crippen LogP contribution in [0.1, 0.15) is 0 Å². The third kappa shape index (κ3) is 1.15. The number of H-pyrrole nitrogens is 1. The molecule has 2 aromatic carbocycles. The quantitative estimate of drug-likeness (QED) is 0.448. The van der Waals surface area contributed by atoms with Crippen molar-refractivity contribution in [2.24, 2.45) is 0 Å². The van der Waals surface area contributed by atoms with Gasteiger partial charge in [0.05, 0.1) is 10.2 Å². The molecule has 2 radical (unpaired) electrons. The number of para-hydroxylation sites is 1. The Labute approximate surface area is 103 Å². The van der Waals surface area contributed by atoms with Gasteiger partial charge in [-0.1, -0.05) is 41.9 Å². The average Bonchev–Trinajstić information content (AvgIpc) is 2.87. The van der Waals surface area contributed by atoms with Gasteiger partial charge in [0.1, 0.15) is 7.85 Å². The highest BCUT2D eigenvalue weighted by Gasteiger charge is 2.11. The molecule has 2 heterocycles. The zero-order chi connectivity index (χ0) is 11.4. The third-order valence-corrected chi connectivity index (χ3v) is 4.39. The van der Waals surface area contributed by atoms with Crippen molar-refractivity contribution in [3.05, 3.63) is 42.5 Å². The topological polar surface area (TPSA) is 15.8 Å². The third-order valence-electron chi connectivity index (χ3n) is 3.19. The molecule has 1 N–H and O–H groups in total. The lowest BCUT2D eigenvalue weighted by atomic mass is 9.94. The molecule has 17 heavy (non-hydrogen) atoms. The SMILES string of the molecule is [B]c1cccc2c1[nH]c1c3ccccc3sc21. The number of hydrogen-bond donors (Lipinski definition) is 1. The van der Waals surface area contributed by atoms with Gasteiger partial charge in [-0.3, -0.25) is 0 Å². The van der Waals surface area contributed by atoms with Gasteiger partial charge in [-0.05, 0) is 6.07 Å². The molecule has 0 saturated heterocycles. The van der Waals surface area contributed by atoms with Crippen molar-refractivity contribution >= 4 is 55.9 Å². The predicted molar refractivity (Wildman–Crippen MR) is 76.6 cm³/mol. The lowest BCUT2D eigenvalue weighted by molar-refractivity contribution is 1.58. The molecule has 0 amide bonds. The van der Waals surface area contributed by atoms with Crippen LogP contribution in [0.5, 0.6) is 0 Å². The molecule has 4 aromatic rings. The number of rotatable bonds is 0. The van der Waals surface area contributed by atoms with Crippen LogP contribution in [0.3, 0.4) is 0 Å². The number of hydrogen-bond acceptors (Lipinski definition) is 1. The molecule has 0 fully saturated rings. The van der Waals surface area contributed by atoms with Gasteiger partial charge in [-0.15, -0.1) is 11.3 Å². The predicted octanol–water partition coefficient (Wildman–Crippen LogP) is 3.33. The Hall–Kier alpha value is -1.74. The van der Waals surface area contributed by atoms with Gasteiger partial charge in [0, 0.05) is 21.0 Å². The fraction of sp³-hybridized carbons (Fsp3) is 0. The molecule has 0 unspecified atom stereocenters. The van der Waals surface area contributed by atoms with E-state index in [1.807, 2.05) is 23.5 Å². The number of aromatic nitrogens is 1. The van der Waals surface area contributed by atoms with E-state index < -0.39 is 0 Å². The second-order valence-electron chi connectivity index (χ2n) is 4.20. The van der Waals surface area contributed by atoms with Gasteiger partial charge < -0.3 is 4.98 Å². The minimum atomic E-state index is 0.815. The largest absolute Gasteiger partial charge is 0.354 e. The second kappa shape index (κ2) is 3.14. The van der Waals surface area contributed by atoms with Crippen molar-refractivity contribution in [1.82, 2.24) is 4.98 Å². The van der Waals surface area contributed by atoms with Gasteiger partial charge in [0.15, 0.2) is 0 Å². The van der Waals surface area contributed by atoms with Crippen LogP contribution in [0.15, 0.2) is 42.5 Å². The van der Waals surface area contributed by atoms with Crippen molar-refractivity contribution in [1.29, 1.82) is 0 Å². The molecule has 0 bridgehead atoms. The summed E-state index contributed by atoms with van der Waals surface area (Å²) in [7, 11) is 6.00. The average molecular weight is 233 g/mol. The summed E-state index contributed by atoms with van der Waals surface area (Å²) in [6.07, 6.45) is 0. The van der Waals surface area contributed by atoms with Crippen LogP contribution >= 0.6 is 11.3 Å². The monoisotopic (exact) mass is 233 g/mol. The minimum Gasteiger partial charge on any atom is -0.354 e. The first-order valence-corrected chi connectivity index (χ1v) is 6.33. The second-order valence-corrected chi connectivity index (χ2v) is 5.25. The minimum absolute atomic E-state index is 0.815. The van der Waals surface area contributed by atoms with E-state index in [-0.39, 0.29) is 0 Å². The van der Waals surface area contributed by atoms with Crippen LogP contribution in [-0.4, -0.2) is 12.8 Å². The highest BCUT2D eigenvalue weighted by atomic mass is 32.1. The molecule has 3 heteroatoms. The summed E-state index contributed by atoms with van der Waals surface area (Å²) in [6, 6.07) is 14.5. The first-order chi connectivity index (χ1) is 8.34. The first kappa shape index (κ1) is 9.31. The fourth-order valence-electron chi connectivity index (χ4n) is 2.38. The summed E-state index contributed by atoms with van der Waals surface area (Å²) in [5, 5.41) is 2.50. The summed E-state index contributed by atoms with van der Waals surface area (Å²) >= 11 is 1.82. The van der Waals surface area contributed by atoms with E-state index >= 15 is 0 Å². The first-order valence-electron chi connectivity index (χ1n) is 5.52. The van der Waals surface area contributed by atoms with Crippen LogP contribution in [-0.2, 0) is 0 Å². The number of nitrogens with one attached hydrogen (secondary N) is 1. The number of fused-ring (bicyclic) bond motifs is 5. The van der Waals surface area contributed by atoms with E-state index in [9.17, 15) is 0 Å². The van der Waals surface area contributed by atoms with Crippen LogP contribution in [0, 0.1) is 0 Å². The van der Waals surface area contributed by atoms with Crippen molar-refractivity contribution < 1.29 is 0 Å². The summed E-state index contributed by atoms with van der Waals surface area (Å²) in [5.74, 6) is 0. The van der Waals surface area contributed by atoms with Crippen LogP contribution in [0.4, 0.5) is 0 Å². The standard InChI is InChI=1S/C14H8BNS/c15-10-6-3-5-9-12(10)16-13-8-4-1-2-7-11(8)17-14(9)13/h1-7,16H. The highest BCUT2D eigenvalue weighted by Crippen LogP contribution is 2.37. The Kier molecular flexibility index (Phi) is 1.72. The molecular weight excluding hydrogens is 225 g/mol. The molecule has 0 saturated carbocycles. The smallest absolute Gasteiger partial charge is 0.116 e. The molecule has 0 spiro atoms. The number of aromatic amines is 1. The Bertz CT molecular complexity index is 856. The van der Waals surface area contributed by atoms with E-state index in [2.05, 4.69) is 35.3 Å². The van der Waals surface area contributed by atoms with Crippen molar-refractivity contribution in [3.8, 4) is 0 Å². The maximum atomic E-state index is 6.00. The molecule has 1 nitrogen and oxygen atoms in total. The molecule has 0 atom stereocenters. The van der Waals surface area contributed by atoms with Gasteiger partial charge in [0.25, 0.3) is 0 Å². The highest BCUT2D eigenvalue weighted by molar-refractivity contribution is 7.26. The van der Waals surface area contributed by atoms with Crippen LogP contribution in [0.25, 0.3) is 31.2 Å². The summed E-state index contributed by atoms with van der Waals surface area (Å²) < 4.78 is 2.62. The van der Waals surface area contributed by atoms with Gasteiger partial charge in [0.2, 0.25) is 0 Å². The maximum Gasteiger partial charge on any atom is 0.116 e. The molecule has 0 aliphatic rings. The van der Waals surface area contributed by atoms with Crippen LogP contribution < -0.4 is 5.46 Å². The maximum absolute atomic E-state index is 6.00. The molecule has 0 aliphatic carbocycles. The van der Waals surface area contributed by atoms with E-state index in [0.717, 1.165) is 11.0 Å². The number of thiophene rings is 1. The van der Waals surface area contributed by atoms with Crippen molar-refractivity contribution in [2.45, 2.75) is 0 Å². The summed E-state index contributed by atoms with van der Waals surface area (Å²) in [4.78, 5) is 3.45. The Morgan fingerprint density at radius 2 is 1.71 bits per heavy atom. The molecular formula is C14H8BNS. The zero-order valence-electron chi connectivity index (χ0n) is 9.03. The molecule has 78 valence electrons. The number of benzene rings is 2.